The SMILES string of the molecule is O=C(Nc1ccc(-c2nc3ccc(NC(=O)c4cc(Cl)cc(Cl)c4)cc3[nH]2)cc1)c1cccnc1. The van der Waals surface area contributed by atoms with Crippen LogP contribution in [0.4, 0.5) is 11.4 Å². The lowest BCUT2D eigenvalue weighted by Crippen LogP contribution is -2.11. The maximum absolute atomic E-state index is 12.6. The van der Waals surface area contributed by atoms with E-state index < -0.39 is 0 Å². The Hall–Kier alpha value is -4.20. The number of hydrogen-bond acceptors (Lipinski definition) is 4. The van der Waals surface area contributed by atoms with Crippen molar-refractivity contribution in [2.75, 3.05) is 10.6 Å². The summed E-state index contributed by atoms with van der Waals surface area (Å²) in [4.78, 5) is 36.8. The van der Waals surface area contributed by atoms with Crippen LogP contribution < -0.4 is 10.6 Å². The van der Waals surface area contributed by atoms with Gasteiger partial charge >= 0.3 is 0 Å². The summed E-state index contributed by atoms with van der Waals surface area (Å²) in [6, 6.07) is 20.8. The van der Waals surface area contributed by atoms with E-state index in [0.29, 0.717) is 38.4 Å². The van der Waals surface area contributed by atoms with Gasteiger partial charge in [0.2, 0.25) is 0 Å². The van der Waals surface area contributed by atoms with Crippen LogP contribution in [0.15, 0.2) is 85.2 Å². The second-order valence-corrected chi connectivity index (χ2v) is 8.58. The third-order valence-electron chi connectivity index (χ3n) is 5.20. The summed E-state index contributed by atoms with van der Waals surface area (Å²) in [5.74, 6) is 0.108. The number of nitrogens with zero attached hydrogens (tertiary/aromatic N) is 2. The molecule has 2 heterocycles. The number of hydrogen-bond donors (Lipinski definition) is 3. The molecule has 0 saturated carbocycles. The van der Waals surface area contributed by atoms with Crippen LogP contribution in [0.2, 0.25) is 10.0 Å². The summed E-state index contributed by atoms with van der Waals surface area (Å²) in [7, 11) is 0. The first-order valence-electron chi connectivity index (χ1n) is 10.5. The van der Waals surface area contributed by atoms with Gasteiger partial charge in [0.15, 0.2) is 0 Å². The molecule has 5 rings (SSSR count). The average Bonchev–Trinajstić information content (AvgIpc) is 3.28. The molecule has 0 aliphatic rings. The number of aromatic amines is 1. The van der Waals surface area contributed by atoms with E-state index in [1.54, 1.807) is 60.8 Å². The molecule has 7 nitrogen and oxygen atoms in total. The molecule has 2 aromatic heterocycles. The van der Waals surface area contributed by atoms with Crippen LogP contribution in [-0.2, 0) is 0 Å². The van der Waals surface area contributed by atoms with Crippen molar-refractivity contribution in [2.24, 2.45) is 0 Å². The highest BCUT2D eigenvalue weighted by atomic mass is 35.5. The van der Waals surface area contributed by atoms with Gasteiger partial charge in [0.25, 0.3) is 11.8 Å². The number of rotatable bonds is 5. The fraction of sp³-hybridized carbons (Fsp3) is 0. The van der Waals surface area contributed by atoms with E-state index in [-0.39, 0.29) is 11.8 Å². The van der Waals surface area contributed by atoms with Crippen LogP contribution in [0.5, 0.6) is 0 Å². The fourth-order valence-corrected chi connectivity index (χ4v) is 4.05. The predicted molar refractivity (Wildman–Crippen MR) is 138 cm³/mol. The van der Waals surface area contributed by atoms with Crippen molar-refractivity contribution in [3.63, 3.8) is 0 Å². The first-order valence-corrected chi connectivity index (χ1v) is 11.3. The molecular formula is C26H17Cl2N5O2. The number of pyridine rings is 1. The van der Waals surface area contributed by atoms with Crippen LogP contribution >= 0.6 is 23.2 Å². The number of aromatic nitrogens is 3. The molecule has 2 amide bonds. The Morgan fingerprint density at radius 3 is 2.17 bits per heavy atom. The summed E-state index contributed by atoms with van der Waals surface area (Å²) in [5.41, 5.74) is 4.46. The molecule has 0 saturated heterocycles. The summed E-state index contributed by atoms with van der Waals surface area (Å²) in [6.45, 7) is 0. The van der Waals surface area contributed by atoms with Crippen LogP contribution in [-0.4, -0.2) is 26.8 Å². The summed E-state index contributed by atoms with van der Waals surface area (Å²) in [5, 5.41) is 6.46. The second-order valence-electron chi connectivity index (χ2n) is 7.70. The summed E-state index contributed by atoms with van der Waals surface area (Å²) in [6.07, 6.45) is 3.13. The molecule has 0 unspecified atom stereocenters. The zero-order valence-corrected chi connectivity index (χ0v) is 19.6. The number of carbonyl (C=O) groups is 2. The van der Waals surface area contributed by atoms with E-state index in [2.05, 4.69) is 25.6 Å². The highest BCUT2D eigenvalue weighted by Crippen LogP contribution is 2.25. The summed E-state index contributed by atoms with van der Waals surface area (Å²) < 4.78 is 0. The zero-order chi connectivity index (χ0) is 24.4. The van der Waals surface area contributed by atoms with E-state index in [4.69, 9.17) is 23.2 Å². The minimum atomic E-state index is -0.322. The van der Waals surface area contributed by atoms with E-state index in [9.17, 15) is 9.59 Å². The topological polar surface area (TPSA) is 99.8 Å². The van der Waals surface area contributed by atoms with Crippen molar-refractivity contribution in [3.8, 4) is 11.4 Å². The number of benzene rings is 3. The Balaban J connectivity index is 1.31. The molecule has 0 aliphatic heterocycles. The van der Waals surface area contributed by atoms with Crippen molar-refractivity contribution < 1.29 is 9.59 Å². The molecule has 3 N–H and O–H groups in total. The van der Waals surface area contributed by atoms with Gasteiger partial charge in [-0.1, -0.05) is 23.2 Å². The number of nitrogens with one attached hydrogen (secondary N) is 3. The first kappa shape index (κ1) is 22.6. The molecule has 5 aromatic rings. The molecular weight excluding hydrogens is 485 g/mol. The van der Waals surface area contributed by atoms with Gasteiger partial charge in [-0.2, -0.15) is 0 Å². The lowest BCUT2D eigenvalue weighted by atomic mass is 10.2. The first-order chi connectivity index (χ1) is 16.9. The molecule has 0 aliphatic carbocycles. The Kier molecular flexibility index (Phi) is 6.18. The van der Waals surface area contributed by atoms with Gasteiger partial charge < -0.3 is 15.6 Å². The lowest BCUT2D eigenvalue weighted by molar-refractivity contribution is 0.101. The zero-order valence-electron chi connectivity index (χ0n) is 18.0. The maximum Gasteiger partial charge on any atom is 0.257 e. The molecule has 0 radical (unpaired) electrons. The Morgan fingerprint density at radius 2 is 1.46 bits per heavy atom. The van der Waals surface area contributed by atoms with Crippen LogP contribution in [0, 0.1) is 0 Å². The second kappa shape index (κ2) is 9.58. The average molecular weight is 502 g/mol. The largest absolute Gasteiger partial charge is 0.338 e. The normalized spacial score (nSPS) is 10.8. The quantitative estimate of drug-likeness (QED) is 0.258. The van der Waals surface area contributed by atoms with Crippen molar-refractivity contribution >= 4 is 57.4 Å². The number of carbonyl (C=O) groups excluding carboxylic acids is 2. The number of imidazole rings is 1. The predicted octanol–water partition coefficient (Wildman–Crippen LogP) is 6.44. The van der Waals surface area contributed by atoms with Gasteiger partial charge in [-0.25, -0.2) is 4.98 Å². The molecule has 172 valence electrons. The number of H-pyrrole nitrogens is 1. The van der Waals surface area contributed by atoms with Crippen LogP contribution in [0.25, 0.3) is 22.4 Å². The fourth-order valence-electron chi connectivity index (χ4n) is 3.52. The minimum absolute atomic E-state index is 0.232. The minimum Gasteiger partial charge on any atom is -0.338 e. The molecule has 0 spiro atoms. The third-order valence-corrected chi connectivity index (χ3v) is 5.64. The monoisotopic (exact) mass is 501 g/mol. The highest BCUT2D eigenvalue weighted by Gasteiger charge is 2.11. The lowest BCUT2D eigenvalue weighted by Gasteiger charge is -2.06. The Morgan fingerprint density at radius 1 is 0.771 bits per heavy atom. The molecule has 3 aromatic carbocycles. The highest BCUT2D eigenvalue weighted by molar-refractivity contribution is 6.35. The van der Waals surface area contributed by atoms with Crippen molar-refractivity contribution in [1.29, 1.82) is 0 Å². The third kappa shape index (κ3) is 5.16. The molecule has 35 heavy (non-hydrogen) atoms. The Bertz CT molecular complexity index is 1530. The van der Waals surface area contributed by atoms with Crippen molar-refractivity contribution in [2.45, 2.75) is 0 Å². The molecule has 9 heteroatoms. The number of anilines is 2. The summed E-state index contributed by atoms with van der Waals surface area (Å²) >= 11 is 12.0. The Labute approximate surface area is 210 Å². The number of amides is 2. The van der Waals surface area contributed by atoms with E-state index >= 15 is 0 Å². The van der Waals surface area contributed by atoms with Crippen molar-refractivity contribution in [1.82, 2.24) is 15.0 Å². The van der Waals surface area contributed by atoms with Crippen molar-refractivity contribution in [3.05, 3.63) is 106 Å². The van der Waals surface area contributed by atoms with Gasteiger partial charge in [0.1, 0.15) is 5.82 Å². The van der Waals surface area contributed by atoms with Gasteiger partial charge in [0, 0.05) is 44.9 Å². The maximum atomic E-state index is 12.6. The number of fused-ring (bicyclic) bond motifs is 1. The van der Waals surface area contributed by atoms with E-state index in [1.165, 1.54) is 6.20 Å². The van der Waals surface area contributed by atoms with Gasteiger partial charge in [-0.05, 0) is 72.8 Å². The van der Waals surface area contributed by atoms with Crippen LogP contribution in [0.3, 0.4) is 0 Å². The molecule has 0 atom stereocenters. The van der Waals surface area contributed by atoms with Crippen LogP contribution in [0.1, 0.15) is 20.7 Å². The number of halogens is 2. The smallest absolute Gasteiger partial charge is 0.257 e. The van der Waals surface area contributed by atoms with Gasteiger partial charge in [0.05, 0.1) is 16.6 Å². The van der Waals surface area contributed by atoms with E-state index in [0.717, 1.165) is 16.6 Å². The molecule has 0 bridgehead atoms. The van der Waals surface area contributed by atoms with E-state index in [1.807, 2.05) is 18.2 Å². The van der Waals surface area contributed by atoms with Gasteiger partial charge in [-0.3, -0.25) is 14.6 Å². The molecule has 0 fully saturated rings. The standard InChI is InChI=1S/C26H17Cl2N5O2/c27-18-10-17(11-19(28)12-18)26(35)31-21-7-8-22-23(13-21)33-24(32-22)15-3-5-20(6-4-15)30-25(34)16-2-1-9-29-14-16/h1-14H,(H,30,34)(H,31,35)(H,32,33). The van der Waals surface area contributed by atoms with Gasteiger partial charge in [-0.15, -0.1) is 0 Å².